The molecule has 0 aromatic heterocycles. The second-order valence-corrected chi connectivity index (χ2v) is 10.7. The van der Waals surface area contributed by atoms with Gasteiger partial charge in [0.05, 0.1) is 0 Å². The topological polar surface area (TPSA) is 84.7 Å². The minimum atomic E-state index is -0.594. The number of esters is 1. The fourth-order valence-electron chi connectivity index (χ4n) is 4.10. The number of thiocarbonyl (C=S) groups is 1. The first-order valence-electron chi connectivity index (χ1n) is 9.16. The van der Waals surface area contributed by atoms with Crippen molar-refractivity contribution in [1.82, 2.24) is 10.2 Å². The fourth-order valence-corrected chi connectivity index (χ4v) is 4.22. The van der Waals surface area contributed by atoms with E-state index in [0.717, 1.165) is 0 Å². The molecule has 0 bridgehead atoms. The number of nitrogens with two attached hydrogens (primary N) is 1. The van der Waals surface area contributed by atoms with Crippen molar-refractivity contribution in [3.05, 3.63) is 0 Å². The van der Waals surface area contributed by atoms with E-state index in [4.69, 9.17) is 22.7 Å². The molecule has 2 aliphatic rings. The van der Waals surface area contributed by atoms with Gasteiger partial charge in [0.2, 0.25) is 5.91 Å². The molecule has 7 heteroatoms. The standard InChI is InChI=1S/C19H33N3O3S/c1-17(2,3)13(21-16(20)26)14(23)22-9-10-11(19(10,7)8)12(22)15(24)25-18(4,5)6/h10-13H,9H2,1-8H3,(H3,20,21,26)/t10-,11-,12-,13+/m0/s1. The average molecular weight is 384 g/mol. The van der Waals surface area contributed by atoms with E-state index in [1.165, 1.54) is 0 Å². The number of hydrogen-bond acceptors (Lipinski definition) is 4. The molecule has 1 saturated carbocycles. The molecule has 0 aromatic rings. The monoisotopic (exact) mass is 383 g/mol. The molecular weight excluding hydrogens is 350 g/mol. The lowest BCUT2D eigenvalue weighted by Crippen LogP contribution is -2.59. The van der Waals surface area contributed by atoms with Crippen LogP contribution in [0.15, 0.2) is 0 Å². The quantitative estimate of drug-likeness (QED) is 0.573. The van der Waals surface area contributed by atoms with Crippen LogP contribution in [0.1, 0.15) is 55.4 Å². The highest BCUT2D eigenvalue weighted by Crippen LogP contribution is 2.65. The molecule has 2 fully saturated rings. The lowest BCUT2D eigenvalue weighted by Gasteiger charge is -2.38. The summed E-state index contributed by atoms with van der Waals surface area (Å²) in [5.74, 6) is -0.0303. The molecule has 148 valence electrons. The number of hydrogen-bond donors (Lipinski definition) is 2. The van der Waals surface area contributed by atoms with E-state index in [1.54, 1.807) is 4.90 Å². The maximum atomic E-state index is 13.3. The Balaban J connectivity index is 2.30. The number of rotatable bonds is 3. The second-order valence-electron chi connectivity index (χ2n) is 10.2. The number of carbonyl (C=O) groups excluding carboxylic acids is 2. The maximum Gasteiger partial charge on any atom is 0.329 e. The zero-order chi connectivity index (χ0) is 20.2. The first kappa shape index (κ1) is 20.9. The number of nitrogens with one attached hydrogen (secondary N) is 1. The molecule has 1 aliphatic carbocycles. The van der Waals surface area contributed by atoms with Crippen molar-refractivity contribution in [2.24, 2.45) is 28.4 Å². The maximum absolute atomic E-state index is 13.3. The molecule has 0 spiro atoms. The van der Waals surface area contributed by atoms with Gasteiger partial charge in [0.1, 0.15) is 17.7 Å². The van der Waals surface area contributed by atoms with Crippen LogP contribution in [0.4, 0.5) is 0 Å². The number of carbonyl (C=O) groups is 2. The first-order chi connectivity index (χ1) is 11.6. The first-order valence-corrected chi connectivity index (χ1v) is 9.57. The molecule has 6 nitrogen and oxygen atoms in total. The van der Waals surface area contributed by atoms with Crippen LogP contribution < -0.4 is 11.1 Å². The van der Waals surface area contributed by atoms with Crippen LogP contribution in [-0.4, -0.2) is 46.1 Å². The highest BCUT2D eigenvalue weighted by molar-refractivity contribution is 7.80. The summed E-state index contributed by atoms with van der Waals surface area (Å²) in [6.45, 7) is 16.2. The van der Waals surface area contributed by atoms with Crippen LogP contribution in [0.2, 0.25) is 0 Å². The minimum Gasteiger partial charge on any atom is -0.458 e. The molecular formula is C19H33N3O3S. The summed E-state index contributed by atoms with van der Waals surface area (Å²) in [6, 6.07) is -1.15. The van der Waals surface area contributed by atoms with Crippen molar-refractivity contribution in [2.45, 2.75) is 73.1 Å². The van der Waals surface area contributed by atoms with Gasteiger partial charge in [-0.25, -0.2) is 4.79 Å². The summed E-state index contributed by atoms with van der Waals surface area (Å²) in [5.41, 5.74) is 4.69. The van der Waals surface area contributed by atoms with Crippen LogP contribution in [0, 0.1) is 22.7 Å². The third-order valence-electron chi connectivity index (χ3n) is 5.54. The third-order valence-corrected chi connectivity index (χ3v) is 5.66. The van der Waals surface area contributed by atoms with Crippen LogP contribution in [-0.2, 0) is 14.3 Å². The predicted molar refractivity (Wildman–Crippen MR) is 105 cm³/mol. The van der Waals surface area contributed by atoms with Crippen molar-refractivity contribution in [1.29, 1.82) is 0 Å². The van der Waals surface area contributed by atoms with Gasteiger partial charge in [-0.1, -0.05) is 34.6 Å². The molecule has 0 unspecified atom stereocenters. The molecule has 4 atom stereocenters. The van der Waals surface area contributed by atoms with Crippen molar-refractivity contribution in [3.63, 3.8) is 0 Å². The Kier molecular flexibility index (Phi) is 5.12. The Morgan fingerprint density at radius 3 is 2.19 bits per heavy atom. The number of likely N-dealkylation sites (tertiary alicyclic amines) is 1. The molecule has 3 N–H and O–H groups in total. The summed E-state index contributed by atoms with van der Waals surface area (Å²) in [4.78, 5) is 27.9. The Morgan fingerprint density at radius 1 is 1.23 bits per heavy atom. The number of ether oxygens (including phenoxy) is 1. The highest BCUT2D eigenvalue weighted by Gasteiger charge is 2.70. The van der Waals surface area contributed by atoms with Gasteiger partial charge in [-0.05, 0) is 49.7 Å². The van der Waals surface area contributed by atoms with E-state index in [1.807, 2.05) is 41.5 Å². The zero-order valence-electron chi connectivity index (χ0n) is 17.2. The lowest BCUT2D eigenvalue weighted by atomic mass is 9.85. The molecule has 0 radical (unpaired) electrons. The van der Waals surface area contributed by atoms with Gasteiger partial charge >= 0.3 is 5.97 Å². The molecule has 2 rings (SSSR count). The van der Waals surface area contributed by atoms with Crippen molar-refractivity contribution in [2.75, 3.05) is 6.54 Å². The third kappa shape index (κ3) is 3.97. The van der Waals surface area contributed by atoms with Crippen molar-refractivity contribution >= 4 is 29.2 Å². The minimum absolute atomic E-state index is 0.0478. The fraction of sp³-hybridized carbons (Fsp3) is 0.842. The Morgan fingerprint density at radius 2 is 1.77 bits per heavy atom. The van der Waals surface area contributed by atoms with Crippen LogP contribution >= 0.6 is 12.2 Å². The van der Waals surface area contributed by atoms with Gasteiger partial charge in [0.25, 0.3) is 0 Å². The number of amides is 1. The van der Waals surface area contributed by atoms with Gasteiger partial charge in [0, 0.05) is 12.5 Å². The zero-order valence-corrected chi connectivity index (χ0v) is 18.0. The lowest BCUT2D eigenvalue weighted by molar-refractivity contribution is -0.166. The summed E-state index contributed by atoms with van der Waals surface area (Å²) >= 11 is 4.96. The number of fused-ring (bicyclic) bond motifs is 1. The van der Waals surface area contributed by atoms with Gasteiger partial charge in [0.15, 0.2) is 5.11 Å². The Bertz CT molecular complexity index is 618. The highest BCUT2D eigenvalue weighted by atomic mass is 32.1. The summed E-state index contributed by atoms with van der Waals surface area (Å²) in [7, 11) is 0. The summed E-state index contributed by atoms with van der Waals surface area (Å²) < 4.78 is 5.64. The van der Waals surface area contributed by atoms with E-state index in [0.29, 0.717) is 12.5 Å². The molecule has 26 heavy (non-hydrogen) atoms. The van der Waals surface area contributed by atoms with E-state index >= 15 is 0 Å². The Labute approximate surface area is 162 Å². The normalized spacial score (nSPS) is 28.2. The number of nitrogens with zero attached hydrogens (tertiary/aromatic N) is 1. The molecule has 1 aliphatic heterocycles. The van der Waals surface area contributed by atoms with E-state index in [9.17, 15) is 9.59 Å². The molecule has 0 aromatic carbocycles. The smallest absolute Gasteiger partial charge is 0.329 e. The molecule has 1 saturated heterocycles. The van der Waals surface area contributed by atoms with Gasteiger partial charge in [-0.3, -0.25) is 4.79 Å². The van der Waals surface area contributed by atoms with E-state index in [-0.39, 0.29) is 28.3 Å². The van der Waals surface area contributed by atoms with Crippen molar-refractivity contribution in [3.8, 4) is 0 Å². The summed E-state index contributed by atoms with van der Waals surface area (Å²) in [6.07, 6.45) is 0. The van der Waals surface area contributed by atoms with E-state index < -0.39 is 23.1 Å². The van der Waals surface area contributed by atoms with Crippen LogP contribution in [0.25, 0.3) is 0 Å². The SMILES string of the molecule is CC(C)(C)OC(=O)[C@@H]1[C@@H]2[C@H](CN1C(=O)[C@@H](NC(N)=S)C(C)(C)C)C2(C)C. The van der Waals surface area contributed by atoms with Gasteiger partial charge in [-0.15, -0.1) is 0 Å². The largest absolute Gasteiger partial charge is 0.458 e. The summed E-state index contributed by atoms with van der Waals surface area (Å²) in [5, 5.41) is 3.00. The second kappa shape index (κ2) is 6.36. The molecule has 1 amide bonds. The van der Waals surface area contributed by atoms with Crippen LogP contribution in [0.5, 0.6) is 0 Å². The average Bonchev–Trinajstić information content (AvgIpc) is 2.81. The predicted octanol–water partition coefficient (Wildman–Crippen LogP) is 2.06. The molecule has 1 heterocycles. The van der Waals surface area contributed by atoms with Crippen molar-refractivity contribution < 1.29 is 14.3 Å². The van der Waals surface area contributed by atoms with Gasteiger partial charge in [-0.2, -0.15) is 0 Å². The Hall–Kier alpha value is -1.37. The van der Waals surface area contributed by atoms with Gasteiger partial charge < -0.3 is 20.7 Å². The number of piperidine rings is 1. The van der Waals surface area contributed by atoms with E-state index in [2.05, 4.69) is 19.2 Å². The van der Waals surface area contributed by atoms with Crippen LogP contribution in [0.3, 0.4) is 0 Å².